The van der Waals surface area contributed by atoms with Crippen molar-refractivity contribution in [3.8, 4) is 0 Å². The summed E-state index contributed by atoms with van der Waals surface area (Å²) >= 11 is 0. The van der Waals surface area contributed by atoms with Gasteiger partial charge in [-0.2, -0.15) is 0 Å². The van der Waals surface area contributed by atoms with Gasteiger partial charge in [0.25, 0.3) is 0 Å². The zero-order valence-corrected chi connectivity index (χ0v) is 20.2. The molecule has 14 heteroatoms. The molecule has 0 saturated heterocycles. The first-order valence-electron chi connectivity index (χ1n) is 10.2. The number of hydrogen-bond acceptors (Lipinski definition) is 9. The molecule has 0 aromatic carbocycles. The highest BCUT2D eigenvalue weighted by Gasteiger charge is 2.43. The third kappa shape index (κ3) is 9.11. The number of carboxylic acid groups (broad SMARTS) is 1. The molecule has 0 radical (unpaired) electrons. The molecule has 9 N–H and O–H groups in total. The number of aliphatic hydroxyl groups excluding tert-OH is 6. The van der Waals surface area contributed by atoms with Gasteiger partial charge in [-0.05, 0) is 19.8 Å². The standard InChI is InChI=1S/C18H36N2O10P2/c1-18(8-15(27)28,16(29)19-4-2-6-31(9-21,10-22)11-23)17(30)20-5-3-7-32(12-24,13-25)14-26/h21-26H,2-14H2,1H3,(H-2,19,20,27,28,29,30)/p+2. The molecule has 0 atom stereocenters. The van der Waals surface area contributed by atoms with E-state index >= 15 is 0 Å². The maximum Gasteiger partial charge on any atom is 0.304 e. The van der Waals surface area contributed by atoms with E-state index in [9.17, 15) is 50.1 Å². The van der Waals surface area contributed by atoms with Crippen LogP contribution in [0, 0.1) is 5.41 Å². The first-order chi connectivity index (χ1) is 15.0. The lowest BCUT2D eigenvalue weighted by molar-refractivity contribution is -0.151. The van der Waals surface area contributed by atoms with Crippen molar-refractivity contribution in [3.63, 3.8) is 0 Å². The lowest BCUT2D eigenvalue weighted by Gasteiger charge is -2.26. The Morgan fingerprint density at radius 3 is 1.25 bits per heavy atom. The number of hydrogen-bond donors (Lipinski definition) is 9. The minimum absolute atomic E-state index is 0.0690. The van der Waals surface area contributed by atoms with Gasteiger partial charge in [-0.1, -0.05) is 0 Å². The minimum Gasteiger partial charge on any atom is -0.481 e. The van der Waals surface area contributed by atoms with Gasteiger partial charge in [0.05, 0.1) is 33.3 Å². The average Bonchev–Trinajstić information content (AvgIpc) is 2.79. The van der Waals surface area contributed by atoms with Crippen LogP contribution >= 0.6 is 14.5 Å². The molecule has 0 aromatic rings. The number of rotatable bonds is 18. The minimum atomic E-state index is -2.33. The summed E-state index contributed by atoms with van der Waals surface area (Å²) in [6, 6.07) is 0. The molecule has 0 aliphatic carbocycles. The highest BCUT2D eigenvalue weighted by molar-refractivity contribution is 7.75. The maximum absolute atomic E-state index is 12.6. The van der Waals surface area contributed by atoms with Crippen LogP contribution in [-0.2, 0) is 14.4 Å². The van der Waals surface area contributed by atoms with Gasteiger partial charge in [0.1, 0.15) is 5.41 Å². The van der Waals surface area contributed by atoms with Crippen LogP contribution < -0.4 is 10.6 Å². The summed E-state index contributed by atoms with van der Waals surface area (Å²) in [5.41, 5.74) is -1.89. The van der Waals surface area contributed by atoms with E-state index in [0.717, 1.165) is 0 Å². The van der Waals surface area contributed by atoms with E-state index in [2.05, 4.69) is 10.6 Å². The van der Waals surface area contributed by atoms with Crippen molar-refractivity contribution in [2.45, 2.75) is 26.2 Å². The third-order valence-corrected chi connectivity index (χ3v) is 11.6. The maximum atomic E-state index is 12.6. The number of nitrogens with one attached hydrogen (secondary N) is 2. The molecule has 2 amide bonds. The third-order valence-electron chi connectivity index (χ3n) is 5.50. The Balaban J connectivity index is 4.91. The monoisotopic (exact) mass is 504 g/mol. The number of carbonyl (C=O) groups is 3. The fourth-order valence-corrected chi connectivity index (χ4v) is 5.92. The van der Waals surface area contributed by atoms with Crippen LogP contribution in [0.25, 0.3) is 0 Å². The van der Waals surface area contributed by atoms with E-state index in [1.165, 1.54) is 6.92 Å². The fourth-order valence-electron chi connectivity index (χ4n) is 2.88. The van der Waals surface area contributed by atoms with Crippen molar-refractivity contribution >= 4 is 32.3 Å². The van der Waals surface area contributed by atoms with Gasteiger partial charge >= 0.3 is 5.97 Å². The Hall–Kier alpha value is -0.970. The fraction of sp³-hybridized carbons (Fsp3) is 0.833. The van der Waals surface area contributed by atoms with E-state index in [4.69, 9.17) is 0 Å². The zero-order valence-electron chi connectivity index (χ0n) is 18.4. The number of amides is 2. The summed E-state index contributed by atoms with van der Waals surface area (Å²) < 4.78 is 0. The molecule has 0 aliphatic heterocycles. The molecule has 0 fully saturated rings. The SMILES string of the molecule is CC(CC(=O)O)(C(=O)NCCC[P+](CO)(CO)CO)C(=O)NCCC[P+](CO)(CO)CO. The van der Waals surface area contributed by atoms with Crippen LogP contribution in [0.1, 0.15) is 26.2 Å². The van der Waals surface area contributed by atoms with Crippen molar-refractivity contribution in [1.82, 2.24) is 10.6 Å². The van der Waals surface area contributed by atoms with Crippen molar-refractivity contribution in [2.75, 3.05) is 63.5 Å². The van der Waals surface area contributed by atoms with Gasteiger partial charge < -0.3 is 46.4 Å². The van der Waals surface area contributed by atoms with Crippen molar-refractivity contribution in [2.24, 2.45) is 5.41 Å². The summed E-state index contributed by atoms with van der Waals surface area (Å²) in [6.07, 6.45) is -1.49. The van der Waals surface area contributed by atoms with Gasteiger partial charge in [-0.15, -0.1) is 0 Å². The predicted molar refractivity (Wildman–Crippen MR) is 122 cm³/mol. The van der Waals surface area contributed by atoms with E-state index in [-0.39, 0.29) is 51.2 Å². The second kappa shape index (κ2) is 15.0. The number of aliphatic carboxylic acids is 1. The van der Waals surface area contributed by atoms with Gasteiger partial charge in [0, 0.05) is 13.1 Å². The molecule has 0 rings (SSSR count). The van der Waals surface area contributed by atoms with E-state index in [1.54, 1.807) is 0 Å². The summed E-state index contributed by atoms with van der Waals surface area (Å²) in [5, 5.41) is 70.4. The first-order valence-corrected chi connectivity index (χ1v) is 15.2. The largest absolute Gasteiger partial charge is 0.481 e. The molecular formula is C18H38N2O10P2+2. The van der Waals surface area contributed by atoms with Gasteiger partial charge in [-0.3, -0.25) is 14.4 Å². The molecule has 0 spiro atoms. The van der Waals surface area contributed by atoms with E-state index < -0.39 is 44.1 Å². The van der Waals surface area contributed by atoms with Crippen molar-refractivity contribution in [1.29, 1.82) is 0 Å². The molecule has 12 nitrogen and oxygen atoms in total. The smallest absolute Gasteiger partial charge is 0.304 e. The topological polar surface area (TPSA) is 217 Å². The number of carbonyl (C=O) groups excluding carboxylic acids is 2. The van der Waals surface area contributed by atoms with Gasteiger partial charge in [-0.25, -0.2) is 0 Å². The summed E-state index contributed by atoms with van der Waals surface area (Å²) in [4.78, 5) is 36.5. The molecular weight excluding hydrogens is 466 g/mol. The summed E-state index contributed by atoms with van der Waals surface area (Å²) in [5.74, 6) is -2.92. The molecule has 0 aromatic heterocycles. The molecule has 32 heavy (non-hydrogen) atoms. The Kier molecular flexibility index (Phi) is 14.6. The number of carboxylic acids is 1. The first kappa shape index (κ1) is 31.0. The lowest BCUT2D eigenvalue weighted by atomic mass is 9.84. The van der Waals surface area contributed by atoms with Crippen LogP contribution in [0.2, 0.25) is 0 Å². The highest BCUT2D eigenvalue weighted by Crippen LogP contribution is 2.56. The van der Waals surface area contributed by atoms with Gasteiger partial charge in [0.2, 0.25) is 11.8 Å². The van der Waals surface area contributed by atoms with Crippen LogP contribution in [-0.4, -0.2) is 117 Å². The molecule has 0 saturated carbocycles. The molecule has 0 heterocycles. The van der Waals surface area contributed by atoms with E-state index in [0.29, 0.717) is 25.2 Å². The van der Waals surface area contributed by atoms with Gasteiger partial charge in [0.15, 0.2) is 38.1 Å². The molecule has 0 bridgehead atoms. The Morgan fingerprint density at radius 1 is 0.688 bits per heavy atom. The Labute approximate surface area is 188 Å². The van der Waals surface area contributed by atoms with Crippen LogP contribution in [0.3, 0.4) is 0 Å². The predicted octanol–water partition coefficient (Wildman–Crippen LogP) is -1.79. The zero-order chi connectivity index (χ0) is 24.8. The van der Waals surface area contributed by atoms with Crippen molar-refractivity contribution < 1.29 is 50.1 Å². The van der Waals surface area contributed by atoms with Crippen LogP contribution in [0.5, 0.6) is 0 Å². The Bertz CT molecular complexity index is 544. The summed E-state index contributed by atoms with van der Waals surface area (Å²) in [7, 11) is -4.66. The highest BCUT2D eigenvalue weighted by atomic mass is 31.2. The van der Waals surface area contributed by atoms with E-state index in [1.807, 2.05) is 0 Å². The van der Waals surface area contributed by atoms with Crippen LogP contribution in [0.15, 0.2) is 0 Å². The molecule has 0 aliphatic rings. The number of aliphatic hydroxyl groups is 6. The van der Waals surface area contributed by atoms with Crippen LogP contribution in [0.4, 0.5) is 0 Å². The van der Waals surface area contributed by atoms with Crippen molar-refractivity contribution in [3.05, 3.63) is 0 Å². The second-order valence-corrected chi connectivity index (χ2v) is 16.1. The molecule has 188 valence electrons. The summed E-state index contributed by atoms with van der Waals surface area (Å²) in [6.45, 7) is 1.35. The Morgan fingerprint density at radius 2 is 1.00 bits per heavy atom. The average molecular weight is 504 g/mol. The quantitative estimate of drug-likeness (QED) is 0.0580. The molecule has 0 unspecified atom stereocenters. The lowest BCUT2D eigenvalue weighted by Crippen LogP contribution is -2.51. The second-order valence-electron chi connectivity index (χ2n) is 8.10. The normalized spacial score (nSPS) is 12.5.